The molecule has 1 amide bonds. The van der Waals surface area contributed by atoms with Gasteiger partial charge in [-0.05, 0) is 41.0 Å². The first-order valence-corrected chi connectivity index (χ1v) is 7.61. The van der Waals surface area contributed by atoms with Gasteiger partial charge in [0.05, 0.1) is 18.8 Å². The highest BCUT2D eigenvalue weighted by Crippen LogP contribution is 2.34. The third kappa shape index (κ3) is 4.58. The van der Waals surface area contributed by atoms with Crippen LogP contribution >= 0.6 is 0 Å². The number of aliphatic hydroxyl groups is 1. The normalized spacial score (nSPS) is 23.7. The summed E-state index contributed by atoms with van der Waals surface area (Å²) in [4.78, 5) is 14.2. The molecule has 1 aliphatic rings. The van der Waals surface area contributed by atoms with Crippen molar-refractivity contribution in [2.75, 3.05) is 6.61 Å². The first kappa shape index (κ1) is 18.7. The van der Waals surface area contributed by atoms with Crippen LogP contribution in [-0.4, -0.2) is 46.2 Å². The summed E-state index contributed by atoms with van der Waals surface area (Å²) in [6.07, 6.45) is 2.61. The fraction of sp³-hybridized carbons (Fsp3) is 0.706. The standard InChI is InChI=1S/C17H29NO4/c1-8-12(10-13(19)9-2)14-11-21-17(6,7)18(14)15(20)22-16(3,4)5/h8-9,12-14,19H,1-2,10-11H2,3-7H3/t12-,13+,14-/m0/s1. The van der Waals surface area contributed by atoms with E-state index in [9.17, 15) is 9.90 Å². The van der Waals surface area contributed by atoms with Crippen LogP contribution in [0.2, 0.25) is 0 Å². The Balaban J connectivity index is 2.99. The van der Waals surface area contributed by atoms with Gasteiger partial charge in [0.25, 0.3) is 0 Å². The maximum absolute atomic E-state index is 12.6. The molecule has 0 saturated carbocycles. The van der Waals surface area contributed by atoms with Gasteiger partial charge in [-0.25, -0.2) is 4.79 Å². The second kappa shape index (κ2) is 6.84. The number of carbonyl (C=O) groups excluding carboxylic acids is 1. The zero-order valence-corrected chi connectivity index (χ0v) is 14.3. The lowest BCUT2D eigenvalue weighted by Crippen LogP contribution is -2.52. The second-order valence-electron chi connectivity index (χ2n) is 7.11. The van der Waals surface area contributed by atoms with Crippen molar-refractivity contribution in [2.45, 2.75) is 64.5 Å². The van der Waals surface area contributed by atoms with Crippen LogP contribution in [-0.2, 0) is 9.47 Å². The van der Waals surface area contributed by atoms with E-state index in [-0.39, 0.29) is 12.0 Å². The number of hydrogen-bond acceptors (Lipinski definition) is 4. The highest BCUT2D eigenvalue weighted by atomic mass is 16.6. The molecule has 0 bridgehead atoms. The lowest BCUT2D eigenvalue weighted by molar-refractivity contribution is -0.0642. The Labute approximate surface area is 133 Å². The fourth-order valence-corrected chi connectivity index (χ4v) is 2.60. The third-order valence-corrected chi connectivity index (χ3v) is 3.69. The van der Waals surface area contributed by atoms with Crippen LogP contribution < -0.4 is 0 Å². The molecule has 1 heterocycles. The summed E-state index contributed by atoms with van der Waals surface area (Å²) in [6, 6.07) is -0.225. The molecule has 5 heteroatoms. The van der Waals surface area contributed by atoms with E-state index < -0.39 is 23.5 Å². The molecule has 1 N–H and O–H groups in total. The van der Waals surface area contributed by atoms with E-state index in [0.717, 1.165) is 0 Å². The van der Waals surface area contributed by atoms with Crippen molar-refractivity contribution in [1.29, 1.82) is 0 Å². The van der Waals surface area contributed by atoms with Gasteiger partial charge in [0.15, 0.2) is 0 Å². The molecule has 1 rings (SSSR count). The van der Waals surface area contributed by atoms with E-state index in [4.69, 9.17) is 9.47 Å². The van der Waals surface area contributed by atoms with Crippen LogP contribution in [0.25, 0.3) is 0 Å². The maximum atomic E-state index is 12.6. The zero-order chi connectivity index (χ0) is 17.1. The first-order valence-electron chi connectivity index (χ1n) is 7.61. The van der Waals surface area contributed by atoms with Crippen LogP contribution in [0, 0.1) is 5.92 Å². The number of carbonyl (C=O) groups is 1. The molecule has 1 saturated heterocycles. The number of aliphatic hydroxyl groups excluding tert-OH is 1. The topological polar surface area (TPSA) is 59.0 Å². The van der Waals surface area contributed by atoms with Crippen molar-refractivity contribution in [3.05, 3.63) is 25.3 Å². The summed E-state index contributed by atoms with van der Waals surface area (Å²) in [5.74, 6) is -0.109. The zero-order valence-electron chi connectivity index (χ0n) is 14.3. The van der Waals surface area contributed by atoms with Crippen LogP contribution in [0.4, 0.5) is 4.79 Å². The monoisotopic (exact) mass is 311 g/mol. The molecule has 126 valence electrons. The van der Waals surface area contributed by atoms with Crippen molar-refractivity contribution in [3.63, 3.8) is 0 Å². The van der Waals surface area contributed by atoms with E-state index >= 15 is 0 Å². The van der Waals surface area contributed by atoms with Crippen LogP contribution in [0.3, 0.4) is 0 Å². The number of ether oxygens (including phenoxy) is 2. The Morgan fingerprint density at radius 3 is 2.50 bits per heavy atom. The Morgan fingerprint density at radius 2 is 2.05 bits per heavy atom. The summed E-state index contributed by atoms with van der Waals surface area (Å²) < 4.78 is 11.3. The lowest BCUT2D eigenvalue weighted by atomic mass is 9.92. The Morgan fingerprint density at radius 1 is 1.45 bits per heavy atom. The molecule has 1 aliphatic heterocycles. The minimum atomic E-state index is -0.757. The lowest BCUT2D eigenvalue weighted by Gasteiger charge is -2.37. The van der Waals surface area contributed by atoms with E-state index in [1.54, 1.807) is 11.0 Å². The molecule has 0 aromatic rings. The molecule has 3 atom stereocenters. The fourth-order valence-electron chi connectivity index (χ4n) is 2.60. The van der Waals surface area contributed by atoms with Crippen molar-refractivity contribution in [2.24, 2.45) is 5.92 Å². The minimum absolute atomic E-state index is 0.109. The first-order chi connectivity index (χ1) is 10.0. The molecule has 5 nitrogen and oxygen atoms in total. The summed E-state index contributed by atoms with van der Waals surface area (Å²) in [6.45, 7) is 17.0. The Bertz CT molecular complexity index is 425. The van der Waals surface area contributed by atoms with Crippen LogP contribution in [0.5, 0.6) is 0 Å². The van der Waals surface area contributed by atoms with Gasteiger partial charge in [-0.1, -0.05) is 12.2 Å². The molecular formula is C17H29NO4. The molecule has 1 fully saturated rings. The van der Waals surface area contributed by atoms with Gasteiger partial charge < -0.3 is 14.6 Å². The quantitative estimate of drug-likeness (QED) is 0.793. The third-order valence-electron chi connectivity index (χ3n) is 3.69. The molecule has 22 heavy (non-hydrogen) atoms. The predicted molar refractivity (Wildman–Crippen MR) is 86.4 cm³/mol. The molecule has 0 aromatic carbocycles. The summed E-state index contributed by atoms with van der Waals surface area (Å²) >= 11 is 0. The van der Waals surface area contributed by atoms with Crippen molar-refractivity contribution >= 4 is 6.09 Å². The highest BCUT2D eigenvalue weighted by Gasteiger charge is 2.48. The second-order valence-corrected chi connectivity index (χ2v) is 7.11. The van der Waals surface area contributed by atoms with E-state index in [0.29, 0.717) is 13.0 Å². The van der Waals surface area contributed by atoms with Gasteiger partial charge in [0.1, 0.15) is 11.3 Å². The number of amides is 1. The van der Waals surface area contributed by atoms with Crippen molar-refractivity contribution < 1.29 is 19.4 Å². The van der Waals surface area contributed by atoms with E-state index in [2.05, 4.69) is 13.2 Å². The Kier molecular flexibility index (Phi) is 5.82. The summed E-state index contributed by atoms with van der Waals surface area (Å²) in [5.41, 5.74) is -1.34. The smallest absolute Gasteiger partial charge is 0.412 e. The van der Waals surface area contributed by atoms with Gasteiger partial charge in [-0.3, -0.25) is 4.90 Å². The van der Waals surface area contributed by atoms with Gasteiger partial charge in [-0.15, -0.1) is 13.2 Å². The molecule has 0 aliphatic carbocycles. The van der Waals surface area contributed by atoms with Gasteiger partial charge >= 0.3 is 6.09 Å². The summed E-state index contributed by atoms with van der Waals surface area (Å²) in [5, 5.41) is 9.82. The van der Waals surface area contributed by atoms with E-state index in [1.807, 2.05) is 34.6 Å². The Hall–Kier alpha value is -1.33. The predicted octanol–water partition coefficient (Wildman–Crippen LogP) is 3.10. The largest absolute Gasteiger partial charge is 0.444 e. The molecular weight excluding hydrogens is 282 g/mol. The van der Waals surface area contributed by atoms with Crippen LogP contribution in [0.15, 0.2) is 25.3 Å². The SMILES string of the molecule is C=C[C@@H](O)C[C@H](C=C)[C@@H]1COC(C)(C)N1C(=O)OC(C)(C)C. The number of rotatable bonds is 5. The number of hydrogen-bond donors (Lipinski definition) is 1. The molecule has 0 spiro atoms. The van der Waals surface area contributed by atoms with Crippen LogP contribution in [0.1, 0.15) is 41.0 Å². The minimum Gasteiger partial charge on any atom is -0.444 e. The molecule has 0 unspecified atom stereocenters. The average molecular weight is 311 g/mol. The number of nitrogens with zero attached hydrogens (tertiary/aromatic N) is 1. The molecule has 0 radical (unpaired) electrons. The van der Waals surface area contributed by atoms with Gasteiger partial charge in [-0.2, -0.15) is 0 Å². The molecule has 0 aromatic heterocycles. The van der Waals surface area contributed by atoms with Gasteiger partial charge in [0.2, 0.25) is 0 Å². The summed E-state index contributed by atoms with van der Waals surface area (Å²) in [7, 11) is 0. The van der Waals surface area contributed by atoms with Crippen molar-refractivity contribution in [3.8, 4) is 0 Å². The van der Waals surface area contributed by atoms with E-state index in [1.165, 1.54) is 6.08 Å². The van der Waals surface area contributed by atoms with Gasteiger partial charge in [0, 0.05) is 5.92 Å². The average Bonchev–Trinajstić information content (AvgIpc) is 2.69. The maximum Gasteiger partial charge on any atom is 0.412 e. The highest BCUT2D eigenvalue weighted by molar-refractivity contribution is 5.69. The van der Waals surface area contributed by atoms with Crippen molar-refractivity contribution in [1.82, 2.24) is 4.90 Å².